The van der Waals surface area contributed by atoms with E-state index < -0.39 is 6.04 Å². The molecule has 1 unspecified atom stereocenters. The van der Waals surface area contributed by atoms with Crippen LogP contribution in [0.5, 0.6) is 11.5 Å². The Balaban J connectivity index is 1.52. The highest BCUT2D eigenvalue weighted by Gasteiger charge is 2.38. The number of carbonyl (C=O) groups is 2. The summed E-state index contributed by atoms with van der Waals surface area (Å²) in [6.45, 7) is -0.0473. The van der Waals surface area contributed by atoms with Crippen LogP contribution in [-0.2, 0) is 16.1 Å². The van der Waals surface area contributed by atoms with Crippen molar-refractivity contribution in [1.29, 1.82) is 0 Å². The molecule has 37 heavy (non-hydrogen) atoms. The van der Waals surface area contributed by atoms with E-state index in [0.717, 1.165) is 63.3 Å². The Hall–Kier alpha value is -3.62. The molecule has 3 aromatic rings. The molecule has 0 radical (unpaired) electrons. The maximum Gasteiger partial charge on any atom is 0.247 e. The summed E-state index contributed by atoms with van der Waals surface area (Å²) in [7, 11) is 0. The molecule has 1 aromatic heterocycles. The quantitative estimate of drug-likeness (QED) is 0.414. The van der Waals surface area contributed by atoms with E-state index in [9.17, 15) is 19.8 Å². The van der Waals surface area contributed by atoms with Gasteiger partial charge in [-0.1, -0.05) is 61.9 Å². The summed E-state index contributed by atoms with van der Waals surface area (Å²) in [5, 5.41) is 31.8. The van der Waals surface area contributed by atoms with Crippen LogP contribution in [0.4, 0.5) is 0 Å². The second-order valence-corrected chi connectivity index (χ2v) is 10.3. The van der Waals surface area contributed by atoms with Crippen molar-refractivity contribution in [2.75, 3.05) is 0 Å². The molecule has 0 bridgehead atoms. The zero-order valence-electron chi connectivity index (χ0n) is 21.1. The Labute approximate surface area is 216 Å². The third-order valence-corrected chi connectivity index (χ3v) is 7.75. The van der Waals surface area contributed by atoms with Gasteiger partial charge < -0.3 is 20.4 Å². The summed E-state index contributed by atoms with van der Waals surface area (Å²) >= 11 is 0. The third kappa shape index (κ3) is 5.55. The van der Waals surface area contributed by atoms with Gasteiger partial charge in [-0.25, -0.2) is 4.68 Å². The monoisotopic (exact) mass is 505 g/mol. The number of carbonyl (C=O) groups excluding carboxylic acids is 2. The first-order valence-corrected chi connectivity index (χ1v) is 13.4. The molecule has 1 atom stereocenters. The van der Waals surface area contributed by atoms with Gasteiger partial charge in [0, 0.05) is 12.1 Å². The lowest BCUT2D eigenvalue weighted by Crippen LogP contribution is -2.52. The molecule has 5 rings (SSSR count). The van der Waals surface area contributed by atoms with Crippen LogP contribution in [0.2, 0.25) is 0 Å². The van der Waals surface area contributed by atoms with Crippen molar-refractivity contribution < 1.29 is 19.8 Å². The van der Waals surface area contributed by atoms with E-state index in [4.69, 9.17) is 0 Å². The van der Waals surface area contributed by atoms with Crippen molar-refractivity contribution in [2.24, 2.45) is 0 Å². The fourth-order valence-electron chi connectivity index (χ4n) is 5.84. The van der Waals surface area contributed by atoms with Crippen molar-refractivity contribution in [1.82, 2.24) is 25.2 Å². The van der Waals surface area contributed by atoms with Crippen LogP contribution in [0.15, 0.2) is 42.5 Å². The number of fused-ring (bicyclic) bond motifs is 1. The molecule has 9 heteroatoms. The number of aromatic hydroxyl groups is 2. The minimum Gasteiger partial charge on any atom is -0.504 e. The molecule has 2 aromatic carbocycles. The van der Waals surface area contributed by atoms with Crippen LogP contribution in [0, 0.1) is 0 Å². The van der Waals surface area contributed by atoms with E-state index >= 15 is 0 Å². The molecule has 0 saturated heterocycles. The smallest absolute Gasteiger partial charge is 0.247 e. The first kappa shape index (κ1) is 25.0. The molecule has 3 N–H and O–H groups in total. The van der Waals surface area contributed by atoms with Crippen LogP contribution in [0.25, 0.3) is 11.0 Å². The number of para-hydroxylation sites is 1. The van der Waals surface area contributed by atoms with Crippen LogP contribution >= 0.6 is 0 Å². The maximum atomic E-state index is 14.1. The molecule has 2 amide bonds. The molecule has 2 aliphatic rings. The highest BCUT2D eigenvalue weighted by molar-refractivity contribution is 5.89. The molecule has 1 heterocycles. The van der Waals surface area contributed by atoms with Crippen LogP contribution in [0.1, 0.15) is 75.8 Å². The van der Waals surface area contributed by atoms with E-state index in [1.54, 1.807) is 15.6 Å². The second-order valence-electron chi connectivity index (χ2n) is 10.3. The highest BCUT2D eigenvalue weighted by atomic mass is 16.3. The zero-order chi connectivity index (χ0) is 25.8. The van der Waals surface area contributed by atoms with Gasteiger partial charge in [0.1, 0.15) is 18.1 Å². The Bertz CT molecular complexity index is 1250. The van der Waals surface area contributed by atoms with Crippen molar-refractivity contribution >= 4 is 22.8 Å². The summed E-state index contributed by atoms with van der Waals surface area (Å²) in [4.78, 5) is 29.7. The average Bonchev–Trinajstić information content (AvgIpc) is 3.32. The molecule has 9 nitrogen and oxygen atoms in total. The summed E-state index contributed by atoms with van der Waals surface area (Å²) in [6, 6.07) is 10.9. The summed E-state index contributed by atoms with van der Waals surface area (Å²) < 4.78 is 1.58. The van der Waals surface area contributed by atoms with Gasteiger partial charge in [0.15, 0.2) is 11.5 Å². The number of nitrogens with one attached hydrogen (secondary N) is 1. The number of hydrogen-bond donors (Lipinski definition) is 3. The Morgan fingerprint density at radius 2 is 1.65 bits per heavy atom. The number of benzene rings is 2. The van der Waals surface area contributed by atoms with E-state index in [0.29, 0.717) is 11.1 Å². The minimum atomic E-state index is -0.932. The molecule has 196 valence electrons. The molecule has 2 aliphatic carbocycles. The standard InChI is InChI=1S/C28H35N5O4/c34-24-16-15-19(17-25(24)35)27(28(37)29-20-9-3-1-4-10-20)33(21-11-5-2-6-12-21)26(36)18-32-23-14-8-7-13-22(23)30-31-32/h7-8,13-17,20-21,27,34-35H,1-6,9-12,18H2,(H,29,37). The van der Waals surface area contributed by atoms with Crippen molar-refractivity contribution in [3.8, 4) is 11.5 Å². The fourth-order valence-corrected chi connectivity index (χ4v) is 5.84. The topological polar surface area (TPSA) is 121 Å². The fraction of sp³-hybridized carbons (Fsp3) is 0.500. The van der Waals surface area contributed by atoms with E-state index in [-0.39, 0.29) is 41.9 Å². The maximum absolute atomic E-state index is 14.1. The van der Waals surface area contributed by atoms with Gasteiger partial charge in [-0.05, 0) is 55.5 Å². The summed E-state index contributed by atoms with van der Waals surface area (Å²) in [5.41, 5.74) is 1.94. The predicted octanol–water partition coefficient (Wildman–Crippen LogP) is 4.19. The van der Waals surface area contributed by atoms with Crippen LogP contribution < -0.4 is 5.32 Å². The van der Waals surface area contributed by atoms with Gasteiger partial charge in [-0.15, -0.1) is 5.10 Å². The molecule has 2 fully saturated rings. The minimum absolute atomic E-state index is 0.0473. The van der Waals surface area contributed by atoms with E-state index in [1.807, 2.05) is 24.3 Å². The molecule has 0 spiro atoms. The summed E-state index contributed by atoms with van der Waals surface area (Å²) in [5.74, 6) is -1.05. The third-order valence-electron chi connectivity index (χ3n) is 7.75. The van der Waals surface area contributed by atoms with Crippen molar-refractivity contribution in [3.63, 3.8) is 0 Å². The second kappa shape index (κ2) is 11.2. The van der Waals surface area contributed by atoms with Gasteiger partial charge in [0.25, 0.3) is 0 Å². The van der Waals surface area contributed by atoms with Gasteiger partial charge in [0.2, 0.25) is 11.8 Å². The van der Waals surface area contributed by atoms with Crippen molar-refractivity contribution in [2.45, 2.75) is 88.9 Å². The lowest BCUT2D eigenvalue weighted by molar-refractivity contribution is -0.145. The number of phenolic OH excluding ortho intramolecular Hbond substituents is 2. The van der Waals surface area contributed by atoms with Gasteiger partial charge in [0.05, 0.1) is 5.52 Å². The highest BCUT2D eigenvalue weighted by Crippen LogP contribution is 2.35. The lowest BCUT2D eigenvalue weighted by Gasteiger charge is -2.40. The normalized spacial score (nSPS) is 17.9. The number of phenols is 2. The van der Waals surface area contributed by atoms with Crippen molar-refractivity contribution in [3.05, 3.63) is 48.0 Å². The largest absolute Gasteiger partial charge is 0.504 e. The number of aromatic nitrogens is 3. The Morgan fingerprint density at radius 1 is 0.946 bits per heavy atom. The van der Waals surface area contributed by atoms with Gasteiger partial charge in [-0.2, -0.15) is 0 Å². The SMILES string of the molecule is O=C(NC1CCCCC1)C(c1ccc(O)c(O)c1)N(C(=O)Cn1nnc2ccccc21)C1CCCCC1. The zero-order valence-corrected chi connectivity index (χ0v) is 21.1. The molecular weight excluding hydrogens is 470 g/mol. The van der Waals surface area contributed by atoms with Gasteiger partial charge in [-0.3, -0.25) is 9.59 Å². The number of hydrogen-bond acceptors (Lipinski definition) is 6. The number of nitrogens with zero attached hydrogens (tertiary/aromatic N) is 4. The first-order chi connectivity index (χ1) is 18.0. The lowest BCUT2D eigenvalue weighted by atomic mass is 9.90. The molecule has 0 aliphatic heterocycles. The Morgan fingerprint density at radius 3 is 2.38 bits per heavy atom. The van der Waals surface area contributed by atoms with Crippen LogP contribution in [-0.4, -0.2) is 54.0 Å². The van der Waals surface area contributed by atoms with Gasteiger partial charge >= 0.3 is 0 Å². The first-order valence-electron chi connectivity index (χ1n) is 13.4. The molecule has 2 saturated carbocycles. The van der Waals surface area contributed by atoms with Crippen LogP contribution in [0.3, 0.4) is 0 Å². The summed E-state index contributed by atoms with van der Waals surface area (Å²) in [6.07, 6.45) is 9.83. The molecular formula is C28H35N5O4. The Kier molecular flexibility index (Phi) is 7.58. The van der Waals surface area contributed by atoms with E-state index in [2.05, 4.69) is 15.6 Å². The number of rotatable bonds is 7. The van der Waals surface area contributed by atoms with E-state index in [1.165, 1.54) is 18.6 Å². The average molecular weight is 506 g/mol. The number of amides is 2. The predicted molar refractivity (Wildman–Crippen MR) is 139 cm³/mol.